The predicted molar refractivity (Wildman–Crippen MR) is 129 cm³/mol. The summed E-state index contributed by atoms with van der Waals surface area (Å²) in [6, 6.07) is 19.0. The van der Waals surface area contributed by atoms with E-state index in [2.05, 4.69) is 31.2 Å². The van der Waals surface area contributed by atoms with Crippen LogP contribution in [0.25, 0.3) is 0 Å². The Hall–Kier alpha value is -4.07. The third-order valence-corrected chi connectivity index (χ3v) is 6.59. The van der Waals surface area contributed by atoms with Crippen molar-refractivity contribution in [2.24, 2.45) is 0 Å². The molecule has 1 heterocycles. The summed E-state index contributed by atoms with van der Waals surface area (Å²) >= 11 is 0. The second-order valence-corrected chi connectivity index (χ2v) is 9.60. The van der Waals surface area contributed by atoms with Crippen LogP contribution in [0.15, 0.2) is 66.7 Å². The fraction of sp³-hybridized carbons (Fsp3) is 0.269. The molecule has 34 heavy (non-hydrogen) atoms. The summed E-state index contributed by atoms with van der Waals surface area (Å²) in [6.07, 6.45) is 0.586. The van der Waals surface area contributed by atoms with E-state index in [-0.39, 0.29) is 11.0 Å². The smallest absolute Gasteiger partial charge is 0.277 e. The van der Waals surface area contributed by atoms with E-state index < -0.39 is 32.7 Å². The van der Waals surface area contributed by atoms with Gasteiger partial charge in [-0.25, -0.2) is 0 Å². The van der Waals surface area contributed by atoms with Crippen LogP contribution >= 0.6 is 0 Å². The molecule has 1 atom stereocenters. The number of hydrogen-bond acceptors (Lipinski definition) is 5. The Labute approximate surface area is 197 Å². The first-order chi connectivity index (χ1) is 15.9. The first-order valence-electron chi connectivity index (χ1n) is 10.9. The lowest BCUT2D eigenvalue weighted by Gasteiger charge is -2.51. The van der Waals surface area contributed by atoms with E-state index in [0.29, 0.717) is 12.1 Å². The molecule has 1 amide bonds. The number of anilines is 1. The highest BCUT2D eigenvalue weighted by Gasteiger charge is 2.48. The van der Waals surface area contributed by atoms with Crippen molar-refractivity contribution in [1.29, 1.82) is 0 Å². The second kappa shape index (κ2) is 8.06. The summed E-state index contributed by atoms with van der Waals surface area (Å²) in [7, 11) is 0. The molecule has 1 unspecified atom stereocenters. The van der Waals surface area contributed by atoms with E-state index in [1.165, 1.54) is 0 Å². The van der Waals surface area contributed by atoms with Crippen molar-refractivity contribution in [3.8, 4) is 0 Å². The average Bonchev–Trinajstić information content (AvgIpc) is 2.78. The van der Waals surface area contributed by atoms with Gasteiger partial charge < -0.3 is 4.90 Å². The van der Waals surface area contributed by atoms with Gasteiger partial charge in [-0.2, -0.15) is 0 Å². The Bertz CT molecular complexity index is 1280. The molecular formula is C26H25N3O5. The molecule has 174 valence electrons. The maximum atomic E-state index is 13.8. The van der Waals surface area contributed by atoms with Crippen LogP contribution in [-0.2, 0) is 5.41 Å². The number of aryl methyl sites for hydroxylation is 1. The Kier molecular flexibility index (Phi) is 5.47. The maximum absolute atomic E-state index is 13.8. The Balaban J connectivity index is 1.89. The molecule has 3 aromatic carbocycles. The number of benzene rings is 3. The first-order valence-corrected chi connectivity index (χ1v) is 10.9. The topological polar surface area (TPSA) is 107 Å². The van der Waals surface area contributed by atoms with E-state index in [9.17, 15) is 25.0 Å². The number of nitrogens with zero attached hydrogens (tertiary/aromatic N) is 3. The number of nitro groups is 2. The van der Waals surface area contributed by atoms with Gasteiger partial charge in [0.15, 0.2) is 0 Å². The number of carbonyl (C=O) groups is 1. The summed E-state index contributed by atoms with van der Waals surface area (Å²) < 4.78 is 0. The van der Waals surface area contributed by atoms with Crippen molar-refractivity contribution in [3.05, 3.63) is 109 Å². The predicted octanol–water partition coefficient (Wildman–Crippen LogP) is 5.95. The molecule has 1 aliphatic rings. The van der Waals surface area contributed by atoms with Crippen molar-refractivity contribution < 1.29 is 14.6 Å². The Morgan fingerprint density at radius 2 is 1.44 bits per heavy atom. The van der Waals surface area contributed by atoms with Crippen LogP contribution in [-0.4, -0.2) is 21.3 Å². The molecule has 0 aromatic heterocycles. The lowest BCUT2D eigenvalue weighted by Crippen LogP contribution is -2.55. The molecule has 0 saturated carbocycles. The summed E-state index contributed by atoms with van der Waals surface area (Å²) in [5, 5.41) is 22.8. The molecule has 0 saturated heterocycles. The number of hydrogen-bond donors (Lipinski definition) is 0. The summed E-state index contributed by atoms with van der Waals surface area (Å²) in [5.74, 6) is -0.518. The molecular weight excluding hydrogens is 434 g/mol. The van der Waals surface area contributed by atoms with Crippen LogP contribution < -0.4 is 4.90 Å². The molecule has 0 spiro atoms. The van der Waals surface area contributed by atoms with Crippen LogP contribution in [0.4, 0.5) is 17.1 Å². The average molecular weight is 460 g/mol. The third-order valence-electron chi connectivity index (χ3n) is 6.59. The van der Waals surface area contributed by atoms with E-state index >= 15 is 0 Å². The number of rotatable bonds is 4. The lowest BCUT2D eigenvalue weighted by molar-refractivity contribution is -0.394. The first kappa shape index (κ1) is 23.1. The number of para-hydroxylation sites is 1. The number of fused-ring (bicyclic) bond motifs is 1. The molecule has 1 aliphatic heterocycles. The van der Waals surface area contributed by atoms with E-state index in [0.717, 1.165) is 34.9 Å². The van der Waals surface area contributed by atoms with Crippen molar-refractivity contribution in [2.75, 3.05) is 4.90 Å². The van der Waals surface area contributed by atoms with E-state index in [4.69, 9.17) is 0 Å². The fourth-order valence-electron chi connectivity index (χ4n) is 5.12. The molecule has 0 aliphatic carbocycles. The van der Waals surface area contributed by atoms with Crippen LogP contribution in [0.2, 0.25) is 0 Å². The molecule has 8 nitrogen and oxygen atoms in total. The summed E-state index contributed by atoms with van der Waals surface area (Å²) in [6.45, 7) is 8.07. The molecule has 0 bridgehead atoms. The minimum absolute atomic E-state index is 0.0947. The van der Waals surface area contributed by atoms with Gasteiger partial charge in [-0.3, -0.25) is 25.0 Å². The van der Waals surface area contributed by atoms with Gasteiger partial charge >= 0.3 is 0 Å². The SMILES string of the molecule is Cc1ccc(C2(C)CC(C)(C)N(C(=O)c3cc([N+](=O)[O-])cc([N+](=O)[O-])c3)c3ccccc32)cc1. The highest BCUT2D eigenvalue weighted by Crippen LogP contribution is 2.50. The quantitative estimate of drug-likeness (QED) is 0.354. The van der Waals surface area contributed by atoms with Crippen molar-refractivity contribution in [1.82, 2.24) is 0 Å². The van der Waals surface area contributed by atoms with Gasteiger partial charge in [-0.1, -0.05) is 55.0 Å². The number of amides is 1. The lowest BCUT2D eigenvalue weighted by atomic mass is 9.65. The van der Waals surface area contributed by atoms with Crippen LogP contribution in [0, 0.1) is 27.2 Å². The van der Waals surface area contributed by atoms with Gasteiger partial charge in [0.1, 0.15) is 0 Å². The second-order valence-electron chi connectivity index (χ2n) is 9.60. The normalized spacial score (nSPS) is 18.8. The minimum Gasteiger partial charge on any atom is -0.302 e. The number of non-ortho nitro benzene ring substituents is 2. The molecule has 3 aromatic rings. The largest absolute Gasteiger partial charge is 0.302 e. The standard InChI is InChI=1S/C26H25N3O5/c1-17-9-11-19(12-10-17)26(4)16-25(2,3)27(23-8-6-5-7-22(23)26)24(30)18-13-20(28(31)32)15-21(14-18)29(33)34/h5-15H,16H2,1-4H3. The zero-order valence-electron chi connectivity index (χ0n) is 19.4. The van der Waals surface area contributed by atoms with Gasteiger partial charge in [0.25, 0.3) is 17.3 Å². The number of nitro benzene ring substituents is 2. The molecule has 0 N–H and O–H groups in total. The number of carbonyl (C=O) groups excluding carboxylic acids is 1. The van der Waals surface area contributed by atoms with Crippen molar-refractivity contribution >= 4 is 23.0 Å². The van der Waals surface area contributed by atoms with Crippen molar-refractivity contribution in [2.45, 2.75) is 45.1 Å². The van der Waals surface area contributed by atoms with Crippen LogP contribution in [0.3, 0.4) is 0 Å². The highest BCUT2D eigenvalue weighted by atomic mass is 16.6. The zero-order valence-corrected chi connectivity index (χ0v) is 19.4. The van der Waals surface area contributed by atoms with Gasteiger partial charge in [-0.15, -0.1) is 0 Å². The van der Waals surface area contributed by atoms with Gasteiger partial charge in [0.2, 0.25) is 0 Å². The monoisotopic (exact) mass is 459 g/mol. The zero-order chi connectivity index (χ0) is 24.8. The Morgan fingerprint density at radius 1 is 0.882 bits per heavy atom. The molecule has 4 rings (SSSR count). The van der Waals surface area contributed by atoms with Crippen LogP contribution in [0.1, 0.15) is 54.2 Å². The van der Waals surface area contributed by atoms with Gasteiger partial charge in [-0.05, 0) is 44.4 Å². The Morgan fingerprint density at radius 3 is 2.00 bits per heavy atom. The van der Waals surface area contributed by atoms with Gasteiger partial charge in [0.05, 0.1) is 21.5 Å². The van der Waals surface area contributed by atoms with Crippen molar-refractivity contribution in [3.63, 3.8) is 0 Å². The molecule has 8 heteroatoms. The summed E-state index contributed by atoms with van der Waals surface area (Å²) in [5.41, 5.74) is 1.74. The minimum atomic E-state index is -0.729. The molecule has 0 fully saturated rings. The van der Waals surface area contributed by atoms with Gasteiger partial charge in [0, 0.05) is 28.8 Å². The summed E-state index contributed by atoms with van der Waals surface area (Å²) in [4.78, 5) is 36.7. The third kappa shape index (κ3) is 3.81. The molecule has 0 radical (unpaired) electrons. The van der Waals surface area contributed by atoms with E-state index in [1.54, 1.807) is 4.90 Å². The fourth-order valence-corrected chi connectivity index (χ4v) is 5.12. The highest BCUT2D eigenvalue weighted by molar-refractivity contribution is 6.08. The maximum Gasteiger partial charge on any atom is 0.277 e. The van der Waals surface area contributed by atoms with E-state index in [1.807, 2.05) is 45.0 Å². The van der Waals surface area contributed by atoms with Crippen LogP contribution in [0.5, 0.6) is 0 Å².